The Hall–Kier alpha value is -2.65. The van der Waals surface area contributed by atoms with Gasteiger partial charge in [-0.3, -0.25) is 4.79 Å². The normalized spacial score (nSPS) is 13.3. The quantitative estimate of drug-likeness (QED) is 0.634. The Morgan fingerprint density at radius 1 is 1.04 bits per heavy atom. The van der Waals surface area contributed by atoms with Crippen molar-refractivity contribution in [1.82, 2.24) is 15.6 Å². The van der Waals surface area contributed by atoms with E-state index in [0.717, 1.165) is 10.0 Å². The highest BCUT2D eigenvalue weighted by molar-refractivity contribution is 9.10. The maximum atomic E-state index is 12.0. The maximum Gasteiger partial charge on any atom is 0.277 e. The summed E-state index contributed by atoms with van der Waals surface area (Å²) in [4.78, 5) is 12.0. The summed E-state index contributed by atoms with van der Waals surface area (Å²) in [5.74, 6) is 1.24. The van der Waals surface area contributed by atoms with Gasteiger partial charge in [0, 0.05) is 4.47 Å². The third kappa shape index (κ3) is 3.49. The first kappa shape index (κ1) is 16.8. The Kier molecular flexibility index (Phi) is 4.72. The van der Waals surface area contributed by atoms with Crippen molar-refractivity contribution in [2.45, 2.75) is 5.22 Å². The first-order valence-corrected chi connectivity index (χ1v) is 9.33. The molecule has 7 nitrogen and oxygen atoms in total. The lowest BCUT2D eigenvalue weighted by atomic mass is 10.2. The number of amides is 1. The van der Waals surface area contributed by atoms with E-state index < -0.39 is 0 Å². The van der Waals surface area contributed by atoms with Crippen LogP contribution in [0.15, 0.2) is 67.7 Å². The molecule has 0 unspecified atom stereocenters. The second kappa shape index (κ2) is 7.30. The van der Waals surface area contributed by atoms with E-state index in [-0.39, 0.29) is 5.91 Å². The fraction of sp³-hybridized carbons (Fsp3) is 0.0588. The van der Waals surface area contributed by atoms with Crippen LogP contribution in [0.3, 0.4) is 0 Å². The summed E-state index contributed by atoms with van der Waals surface area (Å²) >= 11 is 4.73. The number of carbonyl (C=O) groups excluding carboxylic acids is 1. The molecule has 1 aromatic heterocycles. The molecule has 0 radical (unpaired) electrons. The van der Waals surface area contributed by atoms with Crippen LogP contribution in [0.1, 0.15) is 10.4 Å². The molecule has 3 aromatic rings. The number of benzene rings is 2. The summed E-state index contributed by atoms with van der Waals surface area (Å²) in [6.07, 6.45) is 0. The number of rotatable bonds is 4. The molecule has 4 rings (SSSR count). The first-order valence-electron chi connectivity index (χ1n) is 7.56. The number of thioether (sulfide) groups is 1. The minimum absolute atomic E-state index is 0.311. The van der Waals surface area contributed by atoms with Crippen LogP contribution in [0.2, 0.25) is 0 Å². The van der Waals surface area contributed by atoms with Gasteiger partial charge in [0.2, 0.25) is 11.8 Å². The number of ether oxygens (including phenoxy) is 1. The zero-order valence-corrected chi connectivity index (χ0v) is 15.6. The van der Waals surface area contributed by atoms with Gasteiger partial charge >= 0.3 is 0 Å². The first-order chi connectivity index (χ1) is 12.7. The van der Waals surface area contributed by atoms with E-state index in [9.17, 15) is 4.79 Å². The van der Waals surface area contributed by atoms with Gasteiger partial charge in [-0.2, -0.15) is 0 Å². The van der Waals surface area contributed by atoms with Crippen molar-refractivity contribution in [1.29, 1.82) is 0 Å². The molecule has 26 heavy (non-hydrogen) atoms. The van der Waals surface area contributed by atoms with Gasteiger partial charge in [0.25, 0.3) is 11.1 Å². The number of para-hydroxylation sites is 1. The second-order valence-corrected chi connectivity index (χ2v) is 6.97. The molecule has 2 heterocycles. The van der Waals surface area contributed by atoms with Crippen LogP contribution in [-0.2, 0) is 0 Å². The van der Waals surface area contributed by atoms with Crippen LogP contribution < -0.4 is 10.2 Å². The van der Waals surface area contributed by atoms with Gasteiger partial charge in [-0.05, 0) is 40.2 Å². The minimum Gasteiger partial charge on any atom is -0.440 e. The lowest BCUT2D eigenvalue weighted by Crippen LogP contribution is -2.18. The predicted molar refractivity (Wildman–Crippen MR) is 100 cm³/mol. The van der Waals surface area contributed by atoms with Crippen molar-refractivity contribution >= 4 is 39.5 Å². The van der Waals surface area contributed by atoms with Crippen LogP contribution in [0.25, 0.3) is 11.5 Å². The summed E-state index contributed by atoms with van der Waals surface area (Å²) in [7, 11) is 0. The number of nitrogens with zero attached hydrogens (tertiary/aromatic N) is 3. The van der Waals surface area contributed by atoms with Gasteiger partial charge < -0.3 is 9.15 Å². The Bertz CT molecular complexity index is 1000. The number of carbonyl (C=O) groups is 1. The van der Waals surface area contributed by atoms with Crippen LogP contribution >= 0.6 is 27.7 Å². The molecular weight excluding hydrogens is 420 g/mol. The Morgan fingerprint density at radius 3 is 2.65 bits per heavy atom. The number of aromatic nitrogens is 2. The Balaban J connectivity index is 1.47. The monoisotopic (exact) mass is 430 g/mol. The second-order valence-electron chi connectivity index (χ2n) is 5.19. The van der Waals surface area contributed by atoms with E-state index in [1.54, 1.807) is 24.3 Å². The molecule has 9 heteroatoms. The van der Waals surface area contributed by atoms with Crippen LogP contribution in [0.5, 0.6) is 5.75 Å². The number of nitrogens with one attached hydrogen (secondary N) is 1. The Morgan fingerprint density at radius 2 is 1.81 bits per heavy atom. The molecule has 1 aliphatic heterocycles. The van der Waals surface area contributed by atoms with E-state index in [1.807, 2.05) is 24.3 Å². The zero-order valence-electron chi connectivity index (χ0n) is 13.2. The van der Waals surface area contributed by atoms with E-state index in [2.05, 4.69) is 36.7 Å². The standard InChI is InChI=1S/C17H11BrN4O3S/c18-12-7-3-1-5-10(12)16-21-22-17(25-16)26-9-14-19-20-15(23)11-6-2-4-8-13(11)24-14/h1-8H,9H2,(H,20,23). The fourth-order valence-corrected chi connectivity index (χ4v) is 3.32. The molecule has 0 aliphatic carbocycles. The fourth-order valence-electron chi connectivity index (χ4n) is 2.26. The van der Waals surface area contributed by atoms with Gasteiger partial charge in [0.05, 0.1) is 16.9 Å². The topological polar surface area (TPSA) is 89.6 Å². The third-order valence-corrected chi connectivity index (χ3v) is 4.97. The molecule has 0 fully saturated rings. The van der Waals surface area contributed by atoms with Crippen LogP contribution in [0, 0.1) is 0 Å². The van der Waals surface area contributed by atoms with Gasteiger partial charge in [0.1, 0.15) is 5.75 Å². The average Bonchev–Trinajstić information content (AvgIpc) is 3.06. The highest BCUT2D eigenvalue weighted by Gasteiger charge is 2.19. The average molecular weight is 431 g/mol. The largest absolute Gasteiger partial charge is 0.440 e. The number of hydrazone groups is 1. The SMILES string of the molecule is O=C1NN=C(CSc2nnc(-c3ccccc3Br)o2)Oc2ccccc21. The molecule has 2 aromatic carbocycles. The molecule has 1 aliphatic rings. The van der Waals surface area contributed by atoms with Gasteiger partial charge in [-0.15, -0.1) is 15.3 Å². The van der Waals surface area contributed by atoms with Crippen molar-refractivity contribution in [2.24, 2.45) is 5.10 Å². The molecule has 0 atom stereocenters. The van der Waals surface area contributed by atoms with E-state index >= 15 is 0 Å². The van der Waals surface area contributed by atoms with Crippen molar-refractivity contribution < 1.29 is 13.9 Å². The lowest BCUT2D eigenvalue weighted by molar-refractivity contribution is 0.0955. The summed E-state index contributed by atoms with van der Waals surface area (Å²) in [6.45, 7) is 0. The van der Waals surface area contributed by atoms with Crippen molar-refractivity contribution in [2.75, 3.05) is 5.75 Å². The van der Waals surface area contributed by atoms with Gasteiger partial charge in [-0.1, -0.05) is 36.0 Å². The predicted octanol–water partition coefficient (Wildman–Crippen LogP) is 3.73. The molecule has 0 bridgehead atoms. The third-order valence-electron chi connectivity index (χ3n) is 3.47. The van der Waals surface area contributed by atoms with E-state index in [1.165, 1.54) is 11.8 Å². The molecule has 1 N–H and O–H groups in total. The van der Waals surface area contributed by atoms with Crippen LogP contribution in [-0.4, -0.2) is 27.8 Å². The number of fused-ring (bicyclic) bond motifs is 1. The smallest absolute Gasteiger partial charge is 0.277 e. The van der Waals surface area contributed by atoms with Crippen molar-refractivity contribution in [3.8, 4) is 17.2 Å². The summed E-state index contributed by atoms with van der Waals surface area (Å²) in [5, 5.41) is 12.5. The highest BCUT2D eigenvalue weighted by atomic mass is 79.9. The van der Waals surface area contributed by atoms with E-state index in [4.69, 9.17) is 9.15 Å². The van der Waals surface area contributed by atoms with Gasteiger partial charge in [0.15, 0.2) is 0 Å². The zero-order chi connectivity index (χ0) is 17.9. The number of hydrogen-bond acceptors (Lipinski definition) is 7. The number of halogens is 1. The summed E-state index contributed by atoms with van der Waals surface area (Å²) in [6, 6.07) is 14.6. The van der Waals surface area contributed by atoms with E-state index in [0.29, 0.717) is 34.1 Å². The lowest BCUT2D eigenvalue weighted by Gasteiger charge is -2.06. The summed E-state index contributed by atoms with van der Waals surface area (Å²) < 4.78 is 12.3. The molecule has 0 spiro atoms. The number of hydrogen-bond donors (Lipinski definition) is 1. The highest BCUT2D eigenvalue weighted by Crippen LogP contribution is 2.29. The Labute approximate surface area is 161 Å². The van der Waals surface area contributed by atoms with Crippen molar-refractivity contribution in [3.05, 3.63) is 58.6 Å². The maximum absolute atomic E-state index is 12.0. The molecule has 0 saturated heterocycles. The minimum atomic E-state index is -0.311. The molecule has 1 amide bonds. The molecular formula is C17H11BrN4O3S. The molecule has 0 saturated carbocycles. The molecule has 130 valence electrons. The summed E-state index contributed by atoms with van der Waals surface area (Å²) in [5.41, 5.74) is 3.71. The van der Waals surface area contributed by atoms with Crippen LogP contribution in [0.4, 0.5) is 0 Å². The van der Waals surface area contributed by atoms with Crippen molar-refractivity contribution in [3.63, 3.8) is 0 Å². The van der Waals surface area contributed by atoms with Gasteiger partial charge in [-0.25, -0.2) is 5.43 Å².